The molecule has 3 heteroatoms. The Labute approximate surface area is 103 Å². The van der Waals surface area contributed by atoms with Gasteiger partial charge in [0.2, 0.25) is 0 Å². The van der Waals surface area contributed by atoms with Crippen molar-refractivity contribution in [3.05, 3.63) is 29.8 Å². The van der Waals surface area contributed by atoms with Crippen LogP contribution in [-0.2, 0) is 5.41 Å². The lowest BCUT2D eigenvalue weighted by atomic mass is 9.75. The molecule has 1 aliphatic heterocycles. The number of rotatable bonds is 3. The first-order valence-electron chi connectivity index (χ1n) is 6.27. The first-order valence-corrected chi connectivity index (χ1v) is 6.27. The fourth-order valence-electron chi connectivity index (χ4n) is 2.61. The molecule has 0 radical (unpaired) electrons. The molecule has 0 amide bonds. The molecule has 1 aromatic carbocycles. The topological polar surface area (TPSA) is 41.5 Å². The van der Waals surface area contributed by atoms with Gasteiger partial charge in [-0.2, -0.15) is 0 Å². The van der Waals surface area contributed by atoms with Gasteiger partial charge >= 0.3 is 0 Å². The molecule has 0 aromatic heterocycles. The van der Waals surface area contributed by atoms with Crippen LogP contribution >= 0.6 is 0 Å². The highest BCUT2D eigenvalue weighted by Crippen LogP contribution is 2.34. The molecule has 2 rings (SSSR count). The quantitative estimate of drug-likeness (QED) is 0.838. The molecule has 0 bridgehead atoms. The Morgan fingerprint density at radius 2 is 2.00 bits per heavy atom. The minimum absolute atomic E-state index is 0.0736. The molecule has 1 heterocycles. The monoisotopic (exact) mass is 235 g/mol. The van der Waals surface area contributed by atoms with Gasteiger partial charge < -0.3 is 15.2 Å². The Morgan fingerprint density at radius 3 is 2.65 bits per heavy atom. The minimum Gasteiger partial charge on any atom is -0.497 e. The van der Waals surface area contributed by atoms with Gasteiger partial charge in [-0.25, -0.2) is 0 Å². The number of ether oxygens (including phenoxy) is 1. The van der Waals surface area contributed by atoms with E-state index in [2.05, 4.69) is 17.4 Å². The van der Waals surface area contributed by atoms with Crippen molar-refractivity contribution in [2.75, 3.05) is 26.8 Å². The van der Waals surface area contributed by atoms with Gasteiger partial charge in [0.05, 0.1) is 13.7 Å². The van der Waals surface area contributed by atoms with Crippen molar-refractivity contribution in [2.24, 2.45) is 0 Å². The van der Waals surface area contributed by atoms with E-state index in [1.54, 1.807) is 7.11 Å². The molecule has 94 valence electrons. The Kier molecular flexibility index (Phi) is 4.02. The molecule has 1 atom stereocenters. The van der Waals surface area contributed by atoms with E-state index in [1.165, 1.54) is 5.56 Å². The third-order valence-electron chi connectivity index (χ3n) is 3.79. The number of aliphatic hydroxyl groups excluding tert-OH is 1. The summed E-state index contributed by atoms with van der Waals surface area (Å²) in [6.45, 7) is 2.26. The molecule has 0 aliphatic carbocycles. The van der Waals surface area contributed by atoms with Crippen molar-refractivity contribution in [3.8, 4) is 5.75 Å². The maximum absolute atomic E-state index is 9.79. The zero-order valence-corrected chi connectivity index (χ0v) is 10.4. The second kappa shape index (κ2) is 5.52. The van der Waals surface area contributed by atoms with Crippen LogP contribution in [0.15, 0.2) is 24.3 Å². The molecule has 1 saturated heterocycles. The molecule has 0 saturated carbocycles. The van der Waals surface area contributed by atoms with Crippen LogP contribution in [0.1, 0.15) is 24.8 Å². The van der Waals surface area contributed by atoms with Crippen molar-refractivity contribution in [1.82, 2.24) is 5.32 Å². The van der Waals surface area contributed by atoms with E-state index in [4.69, 9.17) is 4.74 Å². The van der Waals surface area contributed by atoms with Crippen LogP contribution in [0, 0.1) is 0 Å². The third-order valence-corrected chi connectivity index (χ3v) is 3.79. The lowest BCUT2D eigenvalue weighted by Gasteiger charge is -2.31. The number of nitrogens with one attached hydrogen (secondary N) is 1. The maximum atomic E-state index is 9.79. The number of methoxy groups -OCH3 is 1. The van der Waals surface area contributed by atoms with Crippen LogP contribution in [0.3, 0.4) is 0 Å². The molecule has 17 heavy (non-hydrogen) atoms. The number of benzene rings is 1. The zero-order valence-electron chi connectivity index (χ0n) is 10.4. The van der Waals surface area contributed by atoms with E-state index in [-0.39, 0.29) is 12.0 Å². The van der Waals surface area contributed by atoms with Crippen LogP contribution < -0.4 is 10.1 Å². The summed E-state index contributed by atoms with van der Waals surface area (Å²) in [6, 6.07) is 8.12. The van der Waals surface area contributed by atoms with Gasteiger partial charge in [0, 0.05) is 5.41 Å². The van der Waals surface area contributed by atoms with Gasteiger partial charge in [0.25, 0.3) is 0 Å². The standard InChI is InChI=1S/C14H21NO2/c1-17-13-5-3-12(4-6-13)14(11-16)7-2-9-15-10-8-14/h3-6,15-16H,2,7-11H2,1H3. The van der Waals surface area contributed by atoms with E-state index in [0.717, 1.165) is 38.1 Å². The molecule has 1 unspecified atom stereocenters. The van der Waals surface area contributed by atoms with Crippen molar-refractivity contribution in [1.29, 1.82) is 0 Å². The van der Waals surface area contributed by atoms with E-state index in [1.807, 2.05) is 12.1 Å². The predicted octanol–water partition coefficient (Wildman–Crippen LogP) is 1.70. The summed E-state index contributed by atoms with van der Waals surface area (Å²) in [6.07, 6.45) is 3.16. The zero-order chi connectivity index (χ0) is 12.1. The molecular formula is C14H21NO2. The smallest absolute Gasteiger partial charge is 0.118 e. The van der Waals surface area contributed by atoms with Crippen LogP contribution in [-0.4, -0.2) is 31.9 Å². The van der Waals surface area contributed by atoms with Crippen molar-refractivity contribution >= 4 is 0 Å². The largest absolute Gasteiger partial charge is 0.497 e. The molecule has 2 N–H and O–H groups in total. The highest BCUT2D eigenvalue weighted by atomic mass is 16.5. The summed E-state index contributed by atoms with van der Waals surface area (Å²) in [5.41, 5.74) is 1.15. The van der Waals surface area contributed by atoms with Gasteiger partial charge in [-0.3, -0.25) is 0 Å². The summed E-state index contributed by atoms with van der Waals surface area (Å²) in [4.78, 5) is 0. The van der Waals surface area contributed by atoms with Gasteiger partial charge in [-0.05, 0) is 50.0 Å². The lowest BCUT2D eigenvalue weighted by molar-refractivity contribution is 0.178. The molecule has 1 aromatic rings. The second-order valence-corrected chi connectivity index (χ2v) is 4.77. The highest BCUT2D eigenvalue weighted by Gasteiger charge is 2.31. The number of aliphatic hydroxyl groups is 1. The maximum Gasteiger partial charge on any atom is 0.118 e. The average Bonchev–Trinajstić information content (AvgIpc) is 2.65. The van der Waals surface area contributed by atoms with Crippen molar-refractivity contribution in [2.45, 2.75) is 24.7 Å². The SMILES string of the molecule is COc1ccc(C2(CO)CCCNCC2)cc1. The first kappa shape index (κ1) is 12.4. The Balaban J connectivity index is 2.25. The summed E-state index contributed by atoms with van der Waals surface area (Å²) in [5, 5.41) is 13.2. The molecule has 1 aliphatic rings. The van der Waals surface area contributed by atoms with Crippen LogP contribution in [0.4, 0.5) is 0 Å². The van der Waals surface area contributed by atoms with Crippen LogP contribution in [0.25, 0.3) is 0 Å². The fraction of sp³-hybridized carbons (Fsp3) is 0.571. The summed E-state index contributed by atoms with van der Waals surface area (Å²) < 4.78 is 5.17. The first-order chi connectivity index (χ1) is 8.30. The number of hydrogen-bond donors (Lipinski definition) is 2. The van der Waals surface area contributed by atoms with E-state index >= 15 is 0 Å². The lowest BCUT2D eigenvalue weighted by Crippen LogP contribution is -2.31. The van der Waals surface area contributed by atoms with Gasteiger partial charge in [-0.15, -0.1) is 0 Å². The Hall–Kier alpha value is -1.06. The fourth-order valence-corrected chi connectivity index (χ4v) is 2.61. The normalized spacial score (nSPS) is 25.3. The number of hydrogen-bond acceptors (Lipinski definition) is 3. The summed E-state index contributed by atoms with van der Waals surface area (Å²) in [5.74, 6) is 0.869. The molecule has 0 spiro atoms. The molecular weight excluding hydrogens is 214 g/mol. The summed E-state index contributed by atoms with van der Waals surface area (Å²) >= 11 is 0. The van der Waals surface area contributed by atoms with E-state index < -0.39 is 0 Å². The van der Waals surface area contributed by atoms with Crippen LogP contribution in [0.2, 0.25) is 0 Å². The molecule has 1 fully saturated rings. The average molecular weight is 235 g/mol. The van der Waals surface area contributed by atoms with Crippen LogP contribution in [0.5, 0.6) is 5.75 Å². The third kappa shape index (κ3) is 2.61. The van der Waals surface area contributed by atoms with Crippen molar-refractivity contribution < 1.29 is 9.84 Å². The van der Waals surface area contributed by atoms with Gasteiger partial charge in [-0.1, -0.05) is 12.1 Å². The molecule has 3 nitrogen and oxygen atoms in total. The van der Waals surface area contributed by atoms with E-state index in [9.17, 15) is 5.11 Å². The van der Waals surface area contributed by atoms with Crippen molar-refractivity contribution in [3.63, 3.8) is 0 Å². The summed E-state index contributed by atoms with van der Waals surface area (Å²) in [7, 11) is 1.67. The second-order valence-electron chi connectivity index (χ2n) is 4.77. The highest BCUT2D eigenvalue weighted by molar-refractivity contribution is 5.32. The minimum atomic E-state index is -0.0736. The van der Waals surface area contributed by atoms with E-state index in [0.29, 0.717) is 0 Å². The Bertz CT molecular complexity index is 340. The Morgan fingerprint density at radius 1 is 1.24 bits per heavy atom. The van der Waals surface area contributed by atoms with Gasteiger partial charge in [0.15, 0.2) is 0 Å². The predicted molar refractivity (Wildman–Crippen MR) is 68.5 cm³/mol. The van der Waals surface area contributed by atoms with Gasteiger partial charge in [0.1, 0.15) is 5.75 Å².